The molecule has 0 amide bonds. The molecule has 1 atom stereocenters. The average molecular weight is 192 g/mol. The van der Waals surface area contributed by atoms with Crippen molar-refractivity contribution >= 4 is 5.65 Å². The van der Waals surface area contributed by atoms with Gasteiger partial charge in [0, 0.05) is 12.4 Å². The number of rotatable bonds is 2. The van der Waals surface area contributed by atoms with E-state index in [2.05, 4.69) is 15.2 Å². The monoisotopic (exact) mass is 192 g/mol. The van der Waals surface area contributed by atoms with E-state index in [-0.39, 0.29) is 0 Å². The maximum atomic E-state index is 10.0. The van der Waals surface area contributed by atoms with Gasteiger partial charge in [-0.3, -0.25) is 9.38 Å². The highest BCUT2D eigenvalue weighted by atomic mass is 16.3. The molecule has 2 aromatic heterocycles. The number of hydrogen-bond acceptors (Lipinski definition) is 4. The van der Waals surface area contributed by atoms with Gasteiger partial charge in [0.25, 0.3) is 0 Å². The standard InChI is InChI=1S/C9H12N4O/c1-3-9(2,14)8-12-11-7-6-10-4-5-13(7)8/h4-6,14H,3H2,1-2H3. The molecule has 5 heteroatoms. The topological polar surface area (TPSA) is 63.3 Å². The summed E-state index contributed by atoms with van der Waals surface area (Å²) >= 11 is 0. The molecule has 1 unspecified atom stereocenters. The van der Waals surface area contributed by atoms with Gasteiger partial charge in [-0.2, -0.15) is 0 Å². The molecule has 1 N–H and O–H groups in total. The maximum Gasteiger partial charge on any atom is 0.179 e. The van der Waals surface area contributed by atoms with Crippen molar-refractivity contribution in [1.82, 2.24) is 19.6 Å². The first-order chi connectivity index (χ1) is 6.65. The van der Waals surface area contributed by atoms with Crippen molar-refractivity contribution in [3.05, 3.63) is 24.4 Å². The molecule has 2 rings (SSSR count). The van der Waals surface area contributed by atoms with Crippen LogP contribution in [-0.4, -0.2) is 24.7 Å². The summed E-state index contributed by atoms with van der Waals surface area (Å²) in [5.74, 6) is 0.553. The summed E-state index contributed by atoms with van der Waals surface area (Å²) in [6, 6.07) is 0. The zero-order valence-corrected chi connectivity index (χ0v) is 8.18. The lowest BCUT2D eigenvalue weighted by Crippen LogP contribution is -2.23. The van der Waals surface area contributed by atoms with E-state index in [9.17, 15) is 5.11 Å². The maximum absolute atomic E-state index is 10.0. The van der Waals surface area contributed by atoms with Gasteiger partial charge < -0.3 is 5.11 Å². The lowest BCUT2D eigenvalue weighted by Gasteiger charge is -2.18. The van der Waals surface area contributed by atoms with Crippen LogP contribution in [0.15, 0.2) is 18.6 Å². The van der Waals surface area contributed by atoms with Gasteiger partial charge in [0.05, 0.1) is 6.20 Å². The van der Waals surface area contributed by atoms with E-state index in [1.54, 1.807) is 29.9 Å². The average Bonchev–Trinajstić information content (AvgIpc) is 2.61. The minimum Gasteiger partial charge on any atom is -0.382 e. The van der Waals surface area contributed by atoms with Crippen LogP contribution in [0.25, 0.3) is 5.65 Å². The van der Waals surface area contributed by atoms with Crippen LogP contribution in [0.3, 0.4) is 0 Å². The smallest absolute Gasteiger partial charge is 0.179 e. The van der Waals surface area contributed by atoms with Crippen LogP contribution in [0.4, 0.5) is 0 Å². The van der Waals surface area contributed by atoms with Crippen LogP contribution < -0.4 is 0 Å². The number of aliphatic hydroxyl groups is 1. The fourth-order valence-electron chi connectivity index (χ4n) is 1.28. The highest BCUT2D eigenvalue weighted by molar-refractivity contribution is 5.34. The van der Waals surface area contributed by atoms with Gasteiger partial charge in [-0.25, -0.2) is 0 Å². The molecule has 0 spiro atoms. The Kier molecular flexibility index (Phi) is 1.96. The van der Waals surface area contributed by atoms with E-state index in [0.29, 0.717) is 17.9 Å². The van der Waals surface area contributed by atoms with Crippen LogP contribution in [0, 0.1) is 0 Å². The molecule has 14 heavy (non-hydrogen) atoms. The van der Waals surface area contributed by atoms with Crippen molar-refractivity contribution in [1.29, 1.82) is 0 Å². The molecule has 0 fully saturated rings. The van der Waals surface area contributed by atoms with Crippen LogP contribution in [0.5, 0.6) is 0 Å². The molecule has 5 nitrogen and oxygen atoms in total. The van der Waals surface area contributed by atoms with Crippen molar-refractivity contribution in [2.24, 2.45) is 0 Å². The molecule has 0 bridgehead atoms. The van der Waals surface area contributed by atoms with Gasteiger partial charge in [0.15, 0.2) is 11.5 Å². The van der Waals surface area contributed by atoms with Gasteiger partial charge in [0.1, 0.15) is 5.60 Å². The summed E-state index contributed by atoms with van der Waals surface area (Å²) < 4.78 is 1.75. The molecule has 0 radical (unpaired) electrons. The third kappa shape index (κ3) is 1.26. The van der Waals surface area contributed by atoms with Crippen LogP contribution in [0.1, 0.15) is 26.1 Å². The second kappa shape index (κ2) is 3.02. The molecule has 74 valence electrons. The second-order valence-electron chi connectivity index (χ2n) is 3.46. The quantitative estimate of drug-likeness (QED) is 0.762. The molecule has 0 aliphatic heterocycles. The predicted octanol–water partition coefficient (Wildman–Crippen LogP) is 0.742. The molecular formula is C9H12N4O. The van der Waals surface area contributed by atoms with Crippen LogP contribution in [0.2, 0.25) is 0 Å². The Hall–Kier alpha value is -1.49. The first kappa shape index (κ1) is 9.08. The summed E-state index contributed by atoms with van der Waals surface area (Å²) in [6.07, 6.45) is 5.60. The minimum absolute atomic E-state index is 0.553. The van der Waals surface area contributed by atoms with Crippen LogP contribution >= 0.6 is 0 Å². The summed E-state index contributed by atoms with van der Waals surface area (Å²) in [6.45, 7) is 3.63. The van der Waals surface area contributed by atoms with Gasteiger partial charge in [-0.1, -0.05) is 6.92 Å². The summed E-state index contributed by atoms with van der Waals surface area (Å²) in [4.78, 5) is 3.93. The Labute approximate surface area is 81.4 Å². The zero-order chi connectivity index (χ0) is 10.2. The fourth-order valence-corrected chi connectivity index (χ4v) is 1.28. The first-order valence-electron chi connectivity index (χ1n) is 4.53. The van der Waals surface area contributed by atoms with Gasteiger partial charge in [-0.15, -0.1) is 10.2 Å². The summed E-state index contributed by atoms with van der Waals surface area (Å²) in [5.41, 5.74) is -0.294. The molecule has 2 aromatic rings. The number of hydrogen-bond donors (Lipinski definition) is 1. The van der Waals surface area contributed by atoms with Crippen molar-refractivity contribution in [3.63, 3.8) is 0 Å². The lowest BCUT2D eigenvalue weighted by molar-refractivity contribution is 0.0426. The van der Waals surface area contributed by atoms with E-state index in [1.165, 1.54) is 0 Å². The van der Waals surface area contributed by atoms with E-state index < -0.39 is 5.60 Å². The largest absolute Gasteiger partial charge is 0.382 e. The van der Waals surface area contributed by atoms with Crippen molar-refractivity contribution in [2.75, 3.05) is 0 Å². The highest BCUT2D eigenvalue weighted by Gasteiger charge is 2.26. The van der Waals surface area contributed by atoms with E-state index >= 15 is 0 Å². The number of nitrogens with zero attached hydrogens (tertiary/aromatic N) is 4. The molecule has 0 aromatic carbocycles. The van der Waals surface area contributed by atoms with E-state index in [4.69, 9.17) is 0 Å². The minimum atomic E-state index is -0.944. The van der Waals surface area contributed by atoms with E-state index in [0.717, 1.165) is 0 Å². The first-order valence-corrected chi connectivity index (χ1v) is 4.53. The number of fused-ring (bicyclic) bond motifs is 1. The Morgan fingerprint density at radius 3 is 3.00 bits per heavy atom. The normalized spacial score (nSPS) is 15.6. The Bertz CT molecular complexity index is 449. The van der Waals surface area contributed by atoms with E-state index in [1.807, 2.05) is 6.92 Å². The lowest BCUT2D eigenvalue weighted by atomic mass is 10.0. The molecule has 2 heterocycles. The summed E-state index contributed by atoms with van der Waals surface area (Å²) in [5, 5.41) is 17.9. The third-order valence-corrected chi connectivity index (χ3v) is 2.38. The summed E-state index contributed by atoms with van der Waals surface area (Å²) in [7, 11) is 0. The van der Waals surface area contributed by atoms with Crippen molar-refractivity contribution in [3.8, 4) is 0 Å². The van der Waals surface area contributed by atoms with Gasteiger partial charge >= 0.3 is 0 Å². The van der Waals surface area contributed by atoms with Crippen LogP contribution in [-0.2, 0) is 5.60 Å². The molecule has 0 saturated carbocycles. The van der Waals surface area contributed by atoms with Gasteiger partial charge in [0.2, 0.25) is 0 Å². The third-order valence-electron chi connectivity index (χ3n) is 2.38. The second-order valence-corrected chi connectivity index (χ2v) is 3.46. The highest BCUT2D eigenvalue weighted by Crippen LogP contribution is 2.21. The SMILES string of the molecule is CCC(C)(O)c1nnc2cnccn12. The Morgan fingerprint density at radius 2 is 2.29 bits per heavy atom. The molecule has 0 saturated heterocycles. The van der Waals surface area contributed by atoms with Crippen molar-refractivity contribution < 1.29 is 5.11 Å². The molecule has 0 aliphatic rings. The zero-order valence-electron chi connectivity index (χ0n) is 8.18. The molecule has 0 aliphatic carbocycles. The van der Waals surface area contributed by atoms with Crippen molar-refractivity contribution in [2.45, 2.75) is 25.9 Å². The Balaban J connectivity index is 2.64. The fraction of sp³-hybridized carbons (Fsp3) is 0.444. The Morgan fingerprint density at radius 1 is 1.50 bits per heavy atom. The molecular weight excluding hydrogens is 180 g/mol. The predicted molar refractivity (Wildman–Crippen MR) is 50.6 cm³/mol. The number of aromatic nitrogens is 4. The van der Waals surface area contributed by atoms with Gasteiger partial charge in [-0.05, 0) is 13.3 Å².